The molecule has 12 heavy (non-hydrogen) atoms. The van der Waals surface area contributed by atoms with Gasteiger partial charge in [-0.15, -0.1) is 0 Å². The van der Waals surface area contributed by atoms with Crippen LogP contribution in [0.15, 0.2) is 0 Å². The predicted molar refractivity (Wildman–Crippen MR) is 65.4 cm³/mol. The van der Waals surface area contributed by atoms with Gasteiger partial charge in [-0.25, -0.2) is 0 Å². The monoisotopic (exact) mass is 400 g/mol. The van der Waals surface area contributed by atoms with E-state index in [2.05, 4.69) is 45.2 Å². The molecule has 0 aromatic heterocycles. The van der Waals surface area contributed by atoms with E-state index >= 15 is 0 Å². The molecule has 0 saturated carbocycles. The molecule has 0 radical (unpaired) electrons. The zero-order chi connectivity index (χ0) is 9.07. The Bertz CT molecular complexity index is 73.1. The fourth-order valence-corrected chi connectivity index (χ4v) is 1.17. The fourth-order valence-electron chi connectivity index (χ4n) is 0.549. The molecule has 0 fully saturated rings. The third-order valence-electron chi connectivity index (χ3n) is 1.04. The van der Waals surface area contributed by atoms with Crippen LogP contribution < -0.4 is 0 Å². The minimum atomic E-state index is 0.663. The molecule has 0 unspecified atom stereocenters. The molecule has 0 aliphatic heterocycles. The van der Waals surface area contributed by atoms with Crippen LogP contribution in [0, 0.1) is 0 Å². The number of halogens is 2. The average molecular weight is 400 g/mol. The molecule has 0 aliphatic carbocycles. The Labute approximate surface area is 101 Å². The first-order valence-corrected chi connectivity index (χ1v) is 6.82. The molecular weight excluding hydrogens is 386 g/mol. The molecule has 0 bridgehead atoms. The van der Waals surface area contributed by atoms with E-state index in [1.165, 1.54) is 0 Å². The Hall–Kier alpha value is 1.34. The standard InChI is InChI=1S/C7H14I2O3/c8-1-2-10-3-4-11-5-6-12-7-9/h1-7H2. The van der Waals surface area contributed by atoms with Gasteiger partial charge in [0.05, 0.1) is 37.6 Å². The Morgan fingerprint density at radius 3 is 1.67 bits per heavy atom. The second-order valence-electron chi connectivity index (χ2n) is 1.93. The summed E-state index contributed by atoms with van der Waals surface area (Å²) in [5, 5.41) is 0. The average Bonchev–Trinajstić information content (AvgIpc) is 2.10. The smallest absolute Gasteiger partial charge is 0.0980 e. The summed E-state index contributed by atoms with van der Waals surface area (Å²) in [6.45, 7) is 3.51. The molecule has 0 amide bonds. The first-order valence-electron chi connectivity index (χ1n) is 3.77. The van der Waals surface area contributed by atoms with Crippen molar-refractivity contribution in [3.8, 4) is 0 Å². The van der Waals surface area contributed by atoms with Crippen molar-refractivity contribution in [3.63, 3.8) is 0 Å². The highest BCUT2D eigenvalue weighted by molar-refractivity contribution is 14.1. The summed E-state index contributed by atoms with van der Waals surface area (Å²) >= 11 is 4.44. The maximum Gasteiger partial charge on any atom is 0.0980 e. The number of hydrogen-bond donors (Lipinski definition) is 0. The van der Waals surface area contributed by atoms with E-state index < -0.39 is 0 Å². The summed E-state index contributed by atoms with van der Waals surface area (Å²) in [4.78, 5) is 0. The van der Waals surface area contributed by atoms with Gasteiger partial charge in [-0.2, -0.15) is 0 Å². The summed E-state index contributed by atoms with van der Waals surface area (Å²) in [5.41, 5.74) is 0. The van der Waals surface area contributed by atoms with Crippen molar-refractivity contribution in [2.75, 3.05) is 42.1 Å². The maximum absolute atomic E-state index is 5.23. The first kappa shape index (κ1) is 13.3. The lowest BCUT2D eigenvalue weighted by Crippen LogP contribution is -2.09. The zero-order valence-electron chi connectivity index (χ0n) is 6.93. The largest absolute Gasteiger partial charge is 0.378 e. The van der Waals surface area contributed by atoms with E-state index in [1.54, 1.807) is 0 Å². The van der Waals surface area contributed by atoms with Gasteiger partial charge < -0.3 is 14.2 Å². The van der Waals surface area contributed by atoms with Crippen molar-refractivity contribution < 1.29 is 14.2 Å². The van der Waals surface area contributed by atoms with Gasteiger partial charge in [-0.3, -0.25) is 0 Å². The summed E-state index contributed by atoms with van der Waals surface area (Å²) in [5.74, 6) is 0. The Morgan fingerprint density at radius 1 is 0.667 bits per heavy atom. The van der Waals surface area contributed by atoms with E-state index in [9.17, 15) is 0 Å². The summed E-state index contributed by atoms with van der Waals surface area (Å²) in [7, 11) is 0. The molecule has 5 heteroatoms. The molecule has 0 aromatic carbocycles. The first-order chi connectivity index (χ1) is 5.91. The van der Waals surface area contributed by atoms with Gasteiger partial charge in [0, 0.05) is 4.43 Å². The second kappa shape index (κ2) is 12.3. The van der Waals surface area contributed by atoms with Crippen LogP contribution in [0.5, 0.6) is 0 Å². The third kappa shape index (κ3) is 11.3. The molecule has 0 N–H and O–H groups in total. The van der Waals surface area contributed by atoms with E-state index in [4.69, 9.17) is 14.2 Å². The summed E-state index contributed by atoms with van der Waals surface area (Å²) in [6.07, 6.45) is 0. The Kier molecular flexibility index (Phi) is 13.7. The highest BCUT2D eigenvalue weighted by atomic mass is 127. The Morgan fingerprint density at radius 2 is 1.17 bits per heavy atom. The highest BCUT2D eigenvalue weighted by Gasteiger charge is 1.89. The van der Waals surface area contributed by atoms with E-state index in [0.29, 0.717) is 26.4 Å². The van der Waals surface area contributed by atoms with E-state index in [1.807, 2.05) is 0 Å². The topological polar surface area (TPSA) is 27.7 Å². The van der Waals surface area contributed by atoms with Crippen molar-refractivity contribution in [3.05, 3.63) is 0 Å². The zero-order valence-corrected chi connectivity index (χ0v) is 11.2. The van der Waals surface area contributed by atoms with Gasteiger partial charge >= 0.3 is 0 Å². The van der Waals surface area contributed by atoms with Gasteiger partial charge in [0.25, 0.3) is 0 Å². The van der Waals surface area contributed by atoms with Crippen LogP contribution in [0.25, 0.3) is 0 Å². The molecular formula is C7H14I2O3. The van der Waals surface area contributed by atoms with E-state index in [-0.39, 0.29) is 0 Å². The van der Waals surface area contributed by atoms with Crippen LogP contribution in [0.2, 0.25) is 0 Å². The van der Waals surface area contributed by atoms with Gasteiger partial charge in [0.2, 0.25) is 0 Å². The highest BCUT2D eigenvalue weighted by Crippen LogP contribution is 1.86. The van der Waals surface area contributed by atoms with Crippen molar-refractivity contribution in [1.82, 2.24) is 0 Å². The molecule has 0 spiro atoms. The van der Waals surface area contributed by atoms with Crippen molar-refractivity contribution in [1.29, 1.82) is 0 Å². The van der Waals surface area contributed by atoms with Gasteiger partial charge in [-0.05, 0) is 0 Å². The molecule has 0 atom stereocenters. The van der Waals surface area contributed by atoms with Crippen LogP contribution in [0.1, 0.15) is 0 Å². The number of hydrogen-bond acceptors (Lipinski definition) is 3. The molecule has 0 aliphatic rings. The van der Waals surface area contributed by atoms with Crippen LogP contribution >= 0.6 is 45.2 Å². The van der Waals surface area contributed by atoms with E-state index in [0.717, 1.165) is 15.6 Å². The van der Waals surface area contributed by atoms with Crippen molar-refractivity contribution in [2.45, 2.75) is 0 Å². The number of rotatable bonds is 9. The minimum absolute atomic E-state index is 0.663. The Balaban J connectivity index is 2.73. The van der Waals surface area contributed by atoms with Gasteiger partial charge in [0.15, 0.2) is 0 Å². The molecule has 3 nitrogen and oxygen atoms in total. The fraction of sp³-hybridized carbons (Fsp3) is 1.00. The van der Waals surface area contributed by atoms with Gasteiger partial charge in [0.1, 0.15) is 0 Å². The quantitative estimate of drug-likeness (QED) is 0.336. The van der Waals surface area contributed by atoms with Crippen LogP contribution in [-0.4, -0.2) is 42.1 Å². The molecule has 0 rings (SSSR count). The lowest BCUT2D eigenvalue weighted by molar-refractivity contribution is 0.0278. The normalized spacial score (nSPS) is 10.5. The third-order valence-corrected chi connectivity index (χ3v) is 1.92. The van der Waals surface area contributed by atoms with Crippen LogP contribution in [0.4, 0.5) is 0 Å². The lowest BCUT2D eigenvalue weighted by Gasteiger charge is -2.03. The second-order valence-corrected chi connectivity index (χ2v) is 3.63. The number of alkyl halides is 2. The molecule has 0 heterocycles. The molecule has 0 saturated heterocycles. The summed E-state index contributed by atoms with van der Waals surface area (Å²) < 4.78 is 17.3. The molecule has 74 valence electrons. The SMILES string of the molecule is ICCOCCOCCOCI. The predicted octanol–water partition coefficient (Wildman–Crippen LogP) is 1.86. The van der Waals surface area contributed by atoms with Crippen LogP contribution in [-0.2, 0) is 14.2 Å². The minimum Gasteiger partial charge on any atom is -0.378 e. The maximum atomic E-state index is 5.23. The van der Waals surface area contributed by atoms with Crippen molar-refractivity contribution >= 4 is 45.2 Å². The summed E-state index contributed by atoms with van der Waals surface area (Å²) in [6, 6.07) is 0. The number of ether oxygens (including phenoxy) is 3. The van der Waals surface area contributed by atoms with Gasteiger partial charge in [-0.1, -0.05) is 45.2 Å². The van der Waals surface area contributed by atoms with Crippen molar-refractivity contribution in [2.24, 2.45) is 0 Å². The molecule has 0 aromatic rings. The van der Waals surface area contributed by atoms with Crippen LogP contribution in [0.3, 0.4) is 0 Å². The lowest BCUT2D eigenvalue weighted by atomic mass is 10.7.